The Morgan fingerprint density at radius 1 is 1.08 bits per heavy atom. The molecule has 5 rings (SSSR count). The van der Waals surface area contributed by atoms with Crippen LogP contribution in [0, 0.1) is 5.41 Å². The third kappa shape index (κ3) is 4.77. The maximum atomic E-state index is 12.7. The molecule has 0 unspecified atom stereocenters. The van der Waals surface area contributed by atoms with Crippen molar-refractivity contribution in [3.63, 3.8) is 0 Å². The molecular formula is C28H26N4O3S. The van der Waals surface area contributed by atoms with Crippen molar-refractivity contribution >= 4 is 50.6 Å². The number of nitrogens with one attached hydrogen (secondary N) is 1. The summed E-state index contributed by atoms with van der Waals surface area (Å²) in [5, 5.41) is 18.1. The number of aliphatic imine (C=N–C) groups is 1. The summed E-state index contributed by atoms with van der Waals surface area (Å²) in [5.74, 6) is 0.722. The first-order chi connectivity index (χ1) is 17.6. The van der Waals surface area contributed by atoms with Gasteiger partial charge in [0.1, 0.15) is 11.7 Å². The van der Waals surface area contributed by atoms with Gasteiger partial charge in [-0.05, 0) is 64.7 Å². The number of ether oxygens (including phenoxy) is 2. The van der Waals surface area contributed by atoms with Crippen molar-refractivity contribution in [3.8, 4) is 11.5 Å². The summed E-state index contributed by atoms with van der Waals surface area (Å²) >= 11 is 1.36. The van der Waals surface area contributed by atoms with E-state index >= 15 is 0 Å². The Kier molecular flexibility index (Phi) is 6.86. The fourth-order valence-corrected chi connectivity index (χ4v) is 5.02. The molecule has 7 nitrogen and oxygen atoms in total. The molecule has 0 radical (unpaired) electrons. The largest absolute Gasteiger partial charge is 0.493 e. The first-order valence-corrected chi connectivity index (χ1v) is 12.7. The Balaban J connectivity index is 1.36. The second-order valence-corrected chi connectivity index (χ2v) is 9.50. The van der Waals surface area contributed by atoms with E-state index in [4.69, 9.17) is 14.9 Å². The highest BCUT2D eigenvalue weighted by Crippen LogP contribution is 2.33. The van der Waals surface area contributed by atoms with Crippen LogP contribution in [0.25, 0.3) is 16.8 Å². The molecule has 0 saturated carbocycles. The van der Waals surface area contributed by atoms with Gasteiger partial charge in [-0.15, -0.1) is 0 Å². The van der Waals surface area contributed by atoms with E-state index in [0.717, 1.165) is 40.6 Å². The molecule has 182 valence electrons. The lowest BCUT2D eigenvalue weighted by Crippen LogP contribution is -2.35. The van der Waals surface area contributed by atoms with Crippen LogP contribution in [0.5, 0.6) is 11.5 Å². The minimum absolute atomic E-state index is 0.0271. The number of carbonyl (C=O) groups is 1. The molecule has 3 aromatic rings. The number of hydrogen-bond acceptors (Lipinski definition) is 6. The monoisotopic (exact) mass is 498 g/mol. The lowest BCUT2D eigenvalue weighted by molar-refractivity contribution is -0.114. The Morgan fingerprint density at radius 2 is 1.92 bits per heavy atom. The van der Waals surface area contributed by atoms with Crippen LogP contribution >= 0.6 is 11.8 Å². The highest BCUT2D eigenvalue weighted by atomic mass is 32.2. The van der Waals surface area contributed by atoms with Crippen molar-refractivity contribution in [2.45, 2.75) is 32.8 Å². The van der Waals surface area contributed by atoms with E-state index < -0.39 is 5.91 Å². The van der Waals surface area contributed by atoms with Crippen molar-refractivity contribution in [3.05, 3.63) is 77.4 Å². The van der Waals surface area contributed by atoms with E-state index in [9.17, 15) is 4.79 Å². The number of hydrogen-bond donors (Lipinski definition) is 1. The zero-order valence-electron chi connectivity index (χ0n) is 20.2. The van der Waals surface area contributed by atoms with Gasteiger partial charge in [-0.2, -0.15) is 15.1 Å². The van der Waals surface area contributed by atoms with Gasteiger partial charge >= 0.3 is 0 Å². The highest BCUT2D eigenvalue weighted by molar-refractivity contribution is 8.26. The highest BCUT2D eigenvalue weighted by Gasteiger charge is 2.35. The Bertz CT molecular complexity index is 1440. The normalized spacial score (nSPS) is 16.3. The number of amides is 1. The summed E-state index contributed by atoms with van der Waals surface area (Å²) in [6, 6.07) is 19.8. The predicted molar refractivity (Wildman–Crippen MR) is 146 cm³/mol. The lowest BCUT2D eigenvalue weighted by Gasteiger charge is -2.20. The zero-order chi connectivity index (χ0) is 25.1. The van der Waals surface area contributed by atoms with Crippen molar-refractivity contribution in [1.29, 1.82) is 5.41 Å². The third-order valence-corrected chi connectivity index (χ3v) is 6.97. The van der Waals surface area contributed by atoms with E-state index in [1.165, 1.54) is 16.8 Å². The molecule has 0 aromatic heterocycles. The number of benzene rings is 3. The fourth-order valence-electron chi connectivity index (χ4n) is 4.09. The summed E-state index contributed by atoms with van der Waals surface area (Å²) < 4.78 is 11.7. The quantitative estimate of drug-likeness (QED) is 0.372. The number of rotatable bonds is 8. The van der Waals surface area contributed by atoms with E-state index in [0.29, 0.717) is 28.8 Å². The van der Waals surface area contributed by atoms with Gasteiger partial charge in [-0.3, -0.25) is 10.2 Å². The molecule has 2 aliphatic rings. The summed E-state index contributed by atoms with van der Waals surface area (Å²) in [7, 11) is 1.58. The van der Waals surface area contributed by atoms with Crippen LogP contribution in [0.4, 0.5) is 0 Å². The zero-order valence-corrected chi connectivity index (χ0v) is 21.0. The van der Waals surface area contributed by atoms with Gasteiger partial charge in [-0.1, -0.05) is 61.9 Å². The summed E-state index contributed by atoms with van der Waals surface area (Å²) in [5.41, 5.74) is 1.98. The molecule has 0 spiro atoms. The second kappa shape index (κ2) is 10.4. The molecule has 3 aromatic carbocycles. The fraction of sp³-hybridized carbons (Fsp3) is 0.214. The van der Waals surface area contributed by atoms with Crippen LogP contribution in [-0.4, -0.2) is 34.1 Å². The molecule has 0 atom stereocenters. The van der Waals surface area contributed by atoms with Crippen molar-refractivity contribution in [2.75, 3.05) is 7.11 Å². The first-order valence-electron chi connectivity index (χ1n) is 11.8. The van der Waals surface area contributed by atoms with Gasteiger partial charge < -0.3 is 9.47 Å². The standard InChI is InChI=1S/C28H26N4O3S/c1-3-4-12-25-31-32-26(29)22(27(33)30-28(32)36-25)15-18-13-14-23(24(16-18)34-2)35-17-20-10-7-9-19-8-5-6-11-21(19)20/h5-11,13-16,29H,3-4,12,17H2,1-2H3/b22-15-,29-26?. The number of hydrazone groups is 1. The first kappa shape index (κ1) is 23.8. The number of unbranched alkanes of at least 4 members (excludes halogenated alkanes) is 1. The van der Waals surface area contributed by atoms with E-state index in [1.54, 1.807) is 19.3 Å². The van der Waals surface area contributed by atoms with E-state index in [2.05, 4.69) is 41.3 Å². The average Bonchev–Trinajstić information content (AvgIpc) is 3.31. The van der Waals surface area contributed by atoms with Crippen LogP contribution in [-0.2, 0) is 11.4 Å². The number of carbonyl (C=O) groups excluding carboxylic acids is 1. The van der Waals surface area contributed by atoms with Gasteiger partial charge in [0.05, 0.1) is 12.7 Å². The van der Waals surface area contributed by atoms with Crippen LogP contribution < -0.4 is 9.47 Å². The predicted octanol–water partition coefficient (Wildman–Crippen LogP) is 6.24. The summed E-state index contributed by atoms with van der Waals surface area (Å²) in [6.45, 7) is 2.51. The van der Waals surface area contributed by atoms with E-state index in [1.807, 2.05) is 30.3 Å². The molecule has 1 N–H and O–H groups in total. The molecule has 1 amide bonds. The van der Waals surface area contributed by atoms with Crippen molar-refractivity contribution in [2.24, 2.45) is 10.1 Å². The number of amidine groups is 2. The molecular weight excluding hydrogens is 472 g/mol. The van der Waals surface area contributed by atoms with Crippen LogP contribution in [0.2, 0.25) is 0 Å². The number of thioether (sulfide) groups is 1. The maximum Gasteiger partial charge on any atom is 0.283 e. The van der Waals surface area contributed by atoms with Crippen molar-refractivity contribution in [1.82, 2.24) is 5.01 Å². The summed E-state index contributed by atoms with van der Waals surface area (Å²) in [6.07, 6.45) is 4.52. The Labute approximate surface area is 214 Å². The lowest BCUT2D eigenvalue weighted by atomic mass is 10.1. The van der Waals surface area contributed by atoms with Crippen LogP contribution in [0.15, 0.2) is 76.3 Å². The topological polar surface area (TPSA) is 87.3 Å². The van der Waals surface area contributed by atoms with Gasteiger partial charge in [0, 0.05) is 0 Å². The SMILES string of the molecule is CCCCC1=NN2C(=N)/C(=C/c3ccc(OCc4cccc5ccccc45)c(OC)c3)C(=O)N=C2S1. The minimum Gasteiger partial charge on any atom is -0.493 e. The second-order valence-electron chi connectivity index (χ2n) is 8.45. The van der Waals surface area contributed by atoms with Crippen molar-refractivity contribution < 1.29 is 14.3 Å². The summed E-state index contributed by atoms with van der Waals surface area (Å²) in [4.78, 5) is 16.9. The van der Waals surface area contributed by atoms with Crippen LogP contribution in [0.3, 0.4) is 0 Å². The van der Waals surface area contributed by atoms with Gasteiger partial charge in [0.25, 0.3) is 5.91 Å². The number of fused-ring (bicyclic) bond motifs is 2. The van der Waals surface area contributed by atoms with Crippen LogP contribution in [0.1, 0.15) is 37.3 Å². The molecule has 0 aliphatic carbocycles. The van der Waals surface area contributed by atoms with Gasteiger partial charge in [0.15, 0.2) is 17.3 Å². The molecule has 0 saturated heterocycles. The maximum absolute atomic E-state index is 12.7. The molecule has 2 aliphatic heterocycles. The molecule has 0 bridgehead atoms. The van der Waals surface area contributed by atoms with Gasteiger partial charge in [-0.25, -0.2) is 0 Å². The third-order valence-electron chi connectivity index (χ3n) is 6.00. The molecule has 36 heavy (non-hydrogen) atoms. The molecule has 2 heterocycles. The smallest absolute Gasteiger partial charge is 0.283 e. The van der Waals surface area contributed by atoms with Gasteiger partial charge in [0.2, 0.25) is 5.17 Å². The average molecular weight is 499 g/mol. The molecule has 0 fully saturated rings. The Morgan fingerprint density at radius 3 is 2.75 bits per heavy atom. The number of nitrogens with zero attached hydrogens (tertiary/aromatic N) is 3. The minimum atomic E-state index is -0.444. The molecule has 8 heteroatoms. The Hall–Kier alpha value is -3.91. The van der Waals surface area contributed by atoms with E-state index in [-0.39, 0.29) is 11.4 Å². The number of methoxy groups -OCH3 is 1.